The van der Waals surface area contributed by atoms with Gasteiger partial charge in [0.05, 0.1) is 13.2 Å². The second kappa shape index (κ2) is 18.4. The van der Waals surface area contributed by atoms with Gasteiger partial charge in [0.2, 0.25) is 0 Å². The number of para-hydroxylation sites is 4. The van der Waals surface area contributed by atoms with Crippen LogP contribution in [0.25, 0.3) is 0 Å². The topological polar surface area (TPSA) is 239 Å². The van der Waals surface area contributed by atoms with Gasteiger partial charge >= 0.3 is 15.6 Å². The van der Waals surface area contributed by atoms with Gasteiger partial charge in [-0.15, -0.1) is 0 Å². The molecule has 0 aliphatic carbocycles. The molecule has 2 aliphatic rings. The van der Waals surface area contributed by atoms with Crippen molar-refractivity contribution in [3.8, 4) is 23.0 Å². The molecule has 0 saturated carbocycles. The van der Waals surface area contributed by atoms with Crippen LogP contribution in [0.4, 0.5) is 0 Å². The Bertz CT molecular complexity index is 1640. The van der Waals surface area contributed by atoms with Gasteiger partial charge in [0.15, 0.2) is 12.6 Å². The molecule has 0 spiro atoms. The number of phosphoric ester groups is 2. The molecule has 2 saturated heterocycles. The number of hydrogen-bond donors (Lipinski definition) is 6. The molecule has 0 aromatic heterocycles. The maximum absolute atomic E-state index is 13.8. The molecule has 17 nitrogen and oxygen atoms in total. The van der Waals surface area contributed by atoms with E-state index >= 15 is 0 Å². The Balaban J connectivity index is 1.14. The van der Waals surface area contributed by atoms with E-state index in [1.807, 2.05) is 0 Å². The summed E-state index contributed by atoms with van der Waals surface area (Å²) in [5.74, 6) is 0.503. The normalized spacial score (nSPS) is 28.5. The summed E-state index contributed by atoms with van der Waals surface area (Å²) in [6.07, 6.45) is -18.3. The van der Waals surface area contributed by atoms with E-state index in [0.717, 1.165) is 0 Å². The van der Waals surface area contributed by atoms with Crippen LogP contribution in [0, 0.1) is 0 Å². The Labute approximate surface area is 315 Å². The third-order valence-corrected chi connectivity index (χ3v) is 10.9. The Hall–Kier alpha value is -3.90. The highest BCUT2D eigenvalue weighted by Crippen LogP contribution is 2.51. The van der Waals surface area contributed by atoms with E-state index < -0.39 is 90.3 Å². The summed E-state index contributed by atoms with van der Waals surface area (Å²) in [5, 5.41) is 64.6. The summed E-state index contributed by atoms with van der Waals surface area (Å²) in [7, 11) is -9.01. The van der Waals surface area contributed by atoms with Crippen molar-refractivity contribution >= 4 is 15.6 Å². The summed E-state index contributed by atoms with van der Waals surface area (Å²) in [5.41, 5.74) is 0. The van der Waals surface area contributed by atoms with Gasteiger partial charge in [-0.1, -0.05) is 72.8 Å². The first-order valence-corrected chi connectivity index (χ1v) is 19.9. The first-order chi connectivity index (χ1) is 26.4. The van der Waals surface area contributed by atoms with Gasteiger partial charge in [-0.2, -0.15) is 0 Å². The smallest absolute Gasteiger partial charge is 0.395 e. The molecule has 2 aliphatic heterocycles. The van der Waals surface area contributed by atoms with Crippen molar-refractivity contribution in [3.63, 3.8) is 0 Å². The Morgan fingerprint density at radius 1 is 0.418 bits per heavy atom. The average Bonchev–Trinajstić information content (AvgIpc) is 3.18. The fraction of sp³-hybridized carbons (Fsp3) is 0.333. The van der Waals surface area contributed by atoms with Gasteiger partial charge < -0.3 is 62.9 Å². The van der Waals surface area contributed by atoms with E-state index in [4.69, 9.17) is 41.4 Å². The third-order valence-electron chi connectivity index (χ3n) is 8.24. The summed E-state index contributed by atoms with van der Waals surface area (Å²) in [6.45, 7) is -1.49. The lowest BCUT2D eigenvalue weighted by molar-refractivity contribution is -0.375. The summed E-state index contributed by atoms with van der Waals surface area (Å²) in [4.78, 5) is 0. The van der Waals surface area contributed by atoms with Gasteiger partial charge in [0.1, 0.15) is 71.8 Å². The van der Waals surface area contributed by atoms with Gasteiger partial charge in [0.25, 0.3) is 0 Å². The zero-order chi connectivity index (χ0) is 39.0. The van der Waals surface area contributed by atoms with Crippen LogP contribution in [0.3, 0.4) is 0 Å². The summed E-state index contributed by atoms with van der Waals surface area (Å²) >= 11 is 0. The highest BCUT2D eigenvalue weighted by Gasteiger charge is 2.51. The third kappa shape index (κ3) is 10.7. The van der Waals surface area contributed by atoms with Crippen LogP contribution < -0.4 is 18.1 Å². The number of aliphatic hydroxyl groups is 6. The second-order valence-corrected chi connectivity index (χ2v) is 15.3. The zero-order valence-electron chi connectivity index (χ0n) is 28.8. The molecule has 0 amide bonds. The number of rotatable bonds is 16. The minimum Gasteiger partial charge on any atom is -0.395 e. The fourth-order valence-electron chi connectivity index (χ4n) is 5.38. The molecule has 0 bridgehead atoms. The molecule has 19 heteroatoms. The lowest BCUT2D eigenvalue weighted by Gasteiger charge is -2.45. The Morgan fingerprint density at radius 2 is 0.691 bits per heavy atom. The number of aliphatic hydroxyl groups excluding tert-OH is 6. The molecule has 4 aromatic carbocycles. The van der Waals surface area contributed by atoms with Crippen LogP contribution in [-0.4, -0.2) is 105 Å². The number of hydrogen-bond acceptors (Lipinski definition) is 17. The molecule has 4 aromatic rings. The molecule has 10 atom stereocenters. The van der Waals surface area contributed by atoms with Crippen molar-refractivity contribution in [2.75, 3.05) is 13.2 Å². The summed E-state index contributed by atoms with van der Waals surface area (Å²) in [6, 6.07) is 31.9. The van der Waals surface area contributed by atoms with Crippen molar-refractivity contribution in [1.29, 1.82) is 0 Å². The second-order valence-electron chi connectivity index (χ2n) is 12.3. The van der Waals surface area contributed by atoms with Crippen LogP contribution in [0.5, 0.6) is 23.0 Å². The van der Waals surface area contributed by atoms with E-state index in [2.05, 4.69) is 0 Å². The van der Waals surface area contributed by atoms with Crippen LogP contribution in [0.2, 0.25) is 0 Å². The van der Waals surface area contributed by atoms with E-state index in [0.29, 0.717) is 0 Å². The molecule has 0 unspecified atom stereocenters. The quantitative estimate of drug-likeness (QED) is 0.0892. The molecule has 0 radical (unpaired) electrons. The predicted molar refractivity (Wildman–Crippen MR) is 190 cm³/mol. The molecule has 296 valence electrons. The number of ether oxygens (including phenoxy) is 3. The maximum Gasteiger partial charge on any atom is 0.587 e. The molecule has 2 fully saturated rings. The molecular formula is C36H40O17P2. The van der Waals surface area contributed by atoms with E-state index in [9.17, 15) is 39.8 Å². The summed E-state index contributed by atoms with van der Waals surface area (Å²) < 4.78 is 78.0. The minimum atomic E-state index is -4.50. The van der Waals surface area contributed by atoms with Crippen molar-refractivity contribution in [2.24, 2.45) is 0 Å². The SMILES string of the molecule is O=P(OC[C@H]1O[C@H](O[C@H]2O[C@H](COP(=O)(Oc3ccccc3)Oc3ccccc3)[C@@H](O)[C@H](O)[C@H]2O)[C@H](O)[C@@H](O)[C@@H]1O)(Oc1ccccc1)Oc1ccccc1. The van der Waals surface area contributed by atoms with Crippen LogP contribution >= 0.6 is 15.6 Å². The fourth-order valence-corrected chi connectivity index (χ4v) is 7.84. The van der Waals surface area contributed by atoms with Gasteiger partial charge in [0, 0.05) is 0 Å². The lowest BCUT2D eigenvalue weighted by Crippen LogP contribution is -2.63. The van der Waals surface area contributed by atoms with Crippen LogP contribution in [0.1, 0.15) is 0 Å². The first kappa shape index (κ1) is 40.8. The van der Waals surface area contributed by atoms with E-state index in [1.165, 1.54) is 48.5 Å². The molecule has 2 heterocycles. The standard InChI is InChI=1S/C36H40O17P2/c37-29-27(21-45-54(43,50-23-13-5-1-6-14-23)51-24-15-7-2-8-16-24)47-35(33(41)31(29)39)49-36-34(42)32(40)30(38)28(48-36)22-46-55(44,52-25-17-9-3-10-18-25)53-26-19-11-4-12-20-26/h1-20,27-42H,21-22H2/t27-,28-,29-,30-,31+,32+,33-,34-,35-,36-/m1/s1. The monoisotopic (exact) mass is 806 g/mol. The predicted octanol–water partition coefficient (Wildman–Crippen LogP) is 3.18. The van der Waals surface area contributed by atoms with Crippen molar-refractivity contribution in [2.45, 2.75) is 61.4 Å². The first-order valence-electron chi connectivity index (χ1n) is 16.9. The van der Waals surface area contributed by atoms with Gasteiger partial charge in [-0.05, 0) is 48.5 Å². The van der Waals surface area contributed by atoms with E-state index in [-0.39, 0.29) is 23.0 Å². The van der Waals surface area contributed by atoms with E-state index in [1.54, 1.807) is 72.8 Å². The number of phosphoric acid groups is 2. The molecule has 55 heavy (non-hydrogen) atoms. The van der Waals surface area contributed by atoms with Crippen LogP contribution in [0.15, 0.2) is 121 Å². The highest BCUT2D eigenvalue weighted by molar-refractivity contribution is 7.49. The maximum atomic E-state index is 13.8. The Kier molecular flexibility index (Phi) is 13.6. The molecular weight excluding hydrogens is 766 g/mol. The zero-order valence-corrected chi connectivity index (χ0v) is 30.6. The number of benzene rings is 4. The highest BCUT2D eigenvalue weighted by atomic mass is 31.2. The van der Waals surface area contributed by atoms with Crippen molar-refractivity contribution in [3.05, 3.63) is 121 Å². The largest absolute Gasteiger partial charge is 0.587 e. The van der Waals surface area contributed by atoms with Crippen LogP contribution in [-0.2, 0) is 32.4 Å². The van der Waals surface area contributed by atoms with Gasteiger partial charge in [-0.3, -0.25) is 9.05 Å². The minimum absolute atomic E-state index is 0.126. The van der Waals surface area contributed by atoms with Crippen molar-refractivity contribution < 1.29 is 81.1 Å². The molecule has 6 N–H and O–H groups in total. The lowest BCUT2D eigenvalue weighted by atomic mass is 9.98. The van der Waals surface area contributed by atoms with Gasteiger partial charge in [-0.25, -0.2) is 9.13 Å². The average molecular weight is 807 g/mol. The van der Waals surface area contributed by atoms with Crippen molar-refractivity contribution in [1.82, 2.24) is 0 Å². The Morgan fingerprint density at radius 3 is 0.964 bits per heavy atom. The molecule has 6 rings (SSSR count).